The molecule has 1 aliphatic carbocycles. The first-order valence-electron chi connectivity index (χ1n) is 9.07. The number of aliphatic imine (C=N–C) groups is 1. The van der Waals surface area contributed by atoms with E-state index in [2.05, 4.69) is 15.9 Å². The minimum Gasteiger partial charge on any atom is -0.468 e. The van der Waals surface area contributed by atoms with E-state index in [1.807, 2.05) is 36.4 Å². The van der Waals surface area contributed by atoms with Crippen molar-refractivity contribution in [2.45, 2.75) is 44.8 Å². The summed E-state index contributed by atoms with van der Waals surface area (Å²) in [6, 6.07) is 11.7. The number of ether oxygens (including phenoxy) is 1. The molecule has 1 atom stereocenters. The van der Waals surface area contributed by atoms with E-state index in [4.69, 9.17) is 32.9 Å². The molecule has 0 saturated heterocycles. The standard InChI is InChI=1S/C21H20BrCl2NO/c22-18-9-7-15(23)10-14(18)11-19-17-8-6-16(24)12-20(17)26-21(25-19)13-4-2-1-3-5-13/h6-10,12-13,21H,1-5,11H2. The molecule has 0 aromatic heterocycles. The maximum atomic E-state index is 6.26. The molecule has 5 heteroatoms. The molecule has 0 bridgehead atoms. The van der Waals surface area contributed by atoms with Gasteiger partial charge in [0.25, 0.3) is 0 Å². The van der Waals surface area contributed by atoms with Crippen molar-refractivity contribution in [1.29, 1.82) is 0 Å². The van der Waals surface area contributed by atoms with Gasteiger partial charge >= 0.3 is 0 Å². The Kier molecular flexibility index (Phi) is 5.58. The number of benzene rings is 2. The van der Waals surface area contributed by atoms with Crippen LogP contribution in [0.3, 0.4) is 0 Å². The minimum atomic E-state index is -0.116. The lowest BCUT2D eigenvalue weighted by Crippen LogP contribution is -2.32. The second-order valence-electron chi connectivity index (χ2n) is 7.04. The highest BCUT2D eigenvalue weighted by Gasteiger charge is 2.30. The van der Waals surface area contributed by atoms with Crippen molar-refractivity contribution < 1.29 is 4.74 Å². The number of nitrogens with zero attached hydrogens (tertiary/aromatic N) is 1. The number of fused-ring (bicyclic) bond motifs is 1. The van der Waals surface area contributed by atoms with E-state index in [9.17, 15) is 0 Å². The van der Waals surface area contributed by atoms with Crippen LogP contribution in [0.4, 0.5) is 0 Å². The highest BCUT2D eigenvalue weighted by atomic mass is 79.9. The predicted molar refractivity (Wildman–Crippen MR) is 112 cm³/mol. The first-order chi connectivity index (χ1) is 12.6. The predicted octanol–water partition coefficient (Wildman–Crippen LogP) is 7.09. The van der Waals surface area contributed by atoms with E-state index in [0.29, 0.717) is 17.4 Å². The summed E-state index contributed by atoms with van der Waals surface area (Å²) in [5.41, 5.74) is 3.19. The summed E-state index contributed by atoms with van der Waals surface area (Å²) in [6.07, 6.45) is 6.79. The molecule has 1 aliphatic heterocycles. The lowest BCUT2D eigenvalue weighted by molar-refractivity contribution is 0.111. The molecular formula is C21H20BrCl2NO. The van der Waals surface area contributed by atoms with Crippen molar-refractivity contribution in [3.05, 3.63) is 62.0 Å². The van der Waals surface area contributed by atoms with Crippen LogP contribution in [0.1, 0.15) is 43.2 Å². The van der Waals surface area contributed by atoms with Gasteiger partial charge in [-0.15, -0.1) is 0 Å². The van der Waals surface area contributed by atoms with Crippen molar-refractivity contribution in [3.8, 4) is 5.75 Å². The van der Waals surface area contributed by atoms with Crippen molar-refractivity contribution >= 4 is 44.8 Å². The summed E-state index contributed by atoms with van der Waals surface area (Å²) < 4.78 is 7.31. The van der Waals surface area contributed by atoms with E-state index in [1.54, 1.807) is 0 Å². The Morgan fingerprint density at radius 1 is 1.00 bits per heavy atom. The van der Waals surface area contributed by atoms with Crippen LogP contribution in [-0.4, -0.2) is 11.9 Å². The number of hydrogen-bond acceptors (Lipinski definition) is 2. The first kappa shape index (κ1) is 18.3. The largest absolute Gasteiger partial charge is 0.468 e. The van der Waals surface area contributed by atoms with Gasteiger partial charge in [0.1, 0.15) is 5.75 Å². The Labute approximate surface area is 172 Å². The van der Waals surface area contributed by atoms with E-state index in [-0.39, 0.29) is 6.23 Å². The maximum absolute atomic E-state index is 6.26. The molecule has 1 saturated carbocycles. The molecule has 4 rings (SSSR count). The Hall–Kier alpha value is -1.03. The topological polar surface area (TPSA) is 21.6 Å². The lowest BCUT2D eigenvalue weighted by atomic mass is 9.87. The molecule has 2 nitrogen and oxygen atoms in total. The first-order valence-corrected chi connectivity index (χ1v) is 10.6. The zero-order valence-electron chi connectivity index (χ0n) is 14.4. The Morgan fingerprint density at radius 3 is 2.54 bits per heavy atom. The van der Waals surface area contributed by atoms with E-state index in [0.717, 1.165) is 32.1 Å². The van der Waals surface area contributed by atoms with Gasteiger partial charge in [-0.3, -0.25) is 0 Å². The highest BCUT2D eigenvalue weighted by molar-refractivity contribution is 9.10. The number of halogens is 3. The van der Waals surface area contributed by atoms with Crippen molar-refractivity contribution in [1.82, 2.24) is 0 Å². The average Bonchev–Trinajstić information content (AvgIpc) is 2.65. The molecular weight excluding hydrogens is 433 g/mol. The summed E-state index contributed by atoms with van der Waals surface area (Å²) in [5.74, 6) is 1.32. The molecule has 1 heterocycles. The highest BCUT2D eigenvalue weighted by Crippen LogP contribution is 2.36. The van der Waals surface area contributed by atoms with Gasteiger partial charge in [-0.2, -0.15) is 0 Å². The van der Waals surface area contributed by atoms with Crippen molar-refractivity contribution in [2.75, 3.05) is 0 Å². The van der Waals surface area contributed by atoms with Crippen LogP contribution in [0.2, 0.25) is 10.0 Å². The monoisotopic (exact) mass is 451 g/mol. The van der Waals surface area contributed by atoms with Crippen LogP contribution < -0.4 is 4.74 Å². The van der Waals surface area contributed by atoms with Crippen LogP contribution in [0, 0.1) is 5.92 Å². The van der Waals surface area contributed by atoms with Gasteiger partial charge in [0.15, 0.2) is 6.23 Å². The Bertz CT molecular complexity index is 846. The Morgan fingerprint density at radius 2 is 1.73 bits per heavy atom. The van der Waals surface area contributed by atoms with Crippen molar-refractivity contribution in [2.24, 2.45) is 10.9 Å². The molecule has 0 amide bonds. The molecule has 2 aliphatic rings. The molecule has 26 heavy (non-hydrogen) atoms. The van der Waals surface area contributed by atoms with Crippen molar-refractivity contribution in [3.63, 3.8) is 0 Å². The van der Waals surface area contributed by atoms with Crippen LogP contribution >= 0.6 is 39.1 Å². The summed E-state index contributed by atoms with van der Waals surface area (Å²) in [6.45, 7) is 0. The fourth-order valence-electron chi connectivity index (χ4n) is 3.83. The summed E-state index contributed by atoms with van der Waals surface area (Å²) >= 11 is 16.1. The molecule has 0 N–H and O–H groups in total. The van der Waals surface area contributed by atoms with Gasteiger partial charge in [-0.25, -0.2) is 4.99 Å². The molecule has 2 aromatic carbocycles. The average molecular weight is 453 g/mol. The Balaban J connectivity index is 1.70. The molecule has 2 aromatic rings. The SMILES string of the molecule is Clc1ccc(Br)c(CC2=NC(C3CCCCC3)Oc3cc(Cl)ccc32)c1. The quantitative estimate of drug-likeness (QED) is 0.487. The third-order valence-corrected chi connectivity index (χ3v) is 6.45. The van der Waals surface area contributed by atoms with Crippen LogP contribution in [-0.2, 0) is 6.42 Å². The normalized spacial score (nSPS) is 20.3. The van der Waals surface area contributed by atoms with Crippen LogP contribution in [0.5, 0.6) is 5.75 Å². The van der Waals surface area contributed by atoms with Gasteiger partial charge in [0, 0.05) is 32.4 Å². The maximum Gasteiger partial charge on any atom is 0.192 e. The van der Waals surface area contributed by atoms with Gasteiger partial charge in [-0.1, -0.05) is 58.4 Å². The third kappa shape index (κ3) is 3.95. The van der Waals surface area contributed by atoms with E-state index in [1.165, 1.54) is 32.1 Å². The summed E-state index contributed by atoms with van der Waals surface area (Å²) in [5, 5.41) is 1.42. The molecule has 1 unspecified atom stereocenters. The molecule has 136 valence electrons. The fourth-order valence-corrected chi connectivity index (χ4v) is 4.58. The van der Waals surface area contributed by atoms with Gasteiger partial charge in [-0.05, 0) is 54.8 Å². The summed E-state index contributed by atoms with van der Waals surface area (Å²) in [4.78, 5) is 5.03. The lowest BCUT2D eigenvalue weighted by Gasteiger charge is -2.32. The smallest absolute Gasteiger partial charge is 0.192 e. The van der Waals surface area contributed by atoms with Crippen LogP contribution in [0.25, 0.3) is 0 Å². The van der Waals surface area contributed by atoms with E-state index < -0.39 is 0 Å². The second-order valence-corrected chi connectivity index (χ2v) is 8.76. The van der Waals surface area contributed by atoms with Crippen LogP contribution in [0.15, 0.2) is 45.9 Å². The zero-order valence-corrected chi connectivity index (χ0v) is 17.4. The molecule has 0 spiro atoms. The third-order valence-electron chi connectivity index (χ3n) is 5.20. The van der Waals surface area contributed by atoms with Gasteiger partial charge < -0.3 is 4.74 Å². The molecule has 0 radical (unpaired) electrons. The summed E-state index contributed by atoms with van der Waals surface area (Å²) in [7, 11) is 0. The van der Waals surface area contributed by atoms with E-state index >= 15 is 0 Å². The second kappa shape index (κ2) is 7.92. The zero-order chi connectivity index (χ0) is 18.1. The molecule has 1 fully saturated rings. The van der Waals surface area contributed by atoms with Gasteiger partial charge in [0.2, 0.25) is 0 Å². The minimum absolute atomic E-state index is 0.116. The number of rotatable bonds is 3. The fraction of sp³-hybridized carbons (Fsp3) is 0.381. The number of hydrogen-bond donors (Lipinski definition) is 0. The van der Waals surface area contributed by atoms with Gasteiger partial charge in [0.05, 0.1) is 5.71 Å².